The van der Waals surface area contributed by atoms with E-state index in [1.165, 1.54) is 4.90 Å². The summed E-state index contributed by atoms with van der Waals surface area (Å²) in [6, 6.07) is 7.29. The van der Waals surface area contributed by atoms with Crippen molar-refractivity contribution in [2.24, 2.45) is 0 Å². The van der Waals surface area contributed by atoms with Gasteiger partial charge in [0.05, 0.1) is 6.54 Å². The zero-order valence-corrected chi connectivity index (χ0v) is 14.0. The number of carbonyl (C=O) groups is 3. The number of amides is 2. The largest absolute Gasteiger partial charge is 0.480 e. The van der Waals surface area contributed by atoms with Crippen molar-refractivity contribution < 1.29 is 24.2 Å². The molecule has 2 N–H and O–H groups in total. The quantitative estimate of drug-likeness (QED) is 0.871. The van der Waals surface area contributed by atoms with Crippen LogP contribution in [0, 0.1) is 0 Å². The first-order valence-corrected chi connectivity index (χ1v) is 7.74. The van der Waals surface area contributed by atoms with Crippen molar-refractivity contribution in [3.63, 3.8) is 0 Å². The van der Waals surface area contributed by atoms with Crippen molar-refractivity contribution in [1.82, 2.24) is 10.2 Å². The number of hydrogen-bond donors (Lipinski definition) is 2. The Kier molecular flexibility index (Phi) is 5.11. The molecular formula is C17H22N2O5. The van der Waals surface area contributed by atoms with Crippen LogP contribution in [0.3, 0.4) is 0 Å². The molecule has 0 saturated carbocycles. The lowest BCUT2D eigenvalue weighted by atomic mass is 10.0. The lowest BCUT2D eigenvalue weighted by molar-refractivity contribution is -0.146. The number of benzene rings is 1. The maximum atomic E-state index is 12.5. The first-order valence-electron chi connectivity index (χ1n) is 7.74. The van der Waals surface area contributed by atoms with Gasteiger partial charge in [-0.3, -0.25) is 9.69 Å². The minimum Gasteiger partial charge on any atom is -0.480 e. The maximum Gasteiger partial charge on any atom is 0.411 e. The molecule has 1 aromatic rings. The average molecular weight is 334 g/mol. The molecule has 0 radical (unpaired) electrons. The molecule has 130 valence electrons. The highest BCUT2D eigenvalue weighted by Crippen LogP contribution is 2.18. The molecule has 0 spiro atoms. The maximum absolute atomic E-state index is 12.5. The molecule has 2 atom stereocenters. The van der Waals surface area contributed by atoms with Crippen molar-refractivity contribution in [2.75, 3.05) is 6.54 Å². The van der Waals surface area contributed by atoms with Gasteiger partial charge in [0.25, 0.3) is 0 Å². The normalized spacial score (nSPS) is 21.1. The molecule has 0 unspecified atom stereocenters. The summed E-state index contributed by atoms with van der Waals surface area (Å²) in [4.78, 5) is 37.3. The number of hydrogen-bond acceptors (Lipinski definition) is 4. The van der Waals surface area contributed by atoms with Crippen LogP contribution < -0.4 is 5.32 Å². The van der Waals surface area contributed by atoms with E-state index in [-0.39, 0.29) is 13.0 Å². The second-order valence-corrected chi connectivity index (χ2v) is 6.74. The molecule has 2 amide bonds. The number of ether oxygens (including phenoxy) is 1. The third-order valence-corrected chi connectivity index (χ3v) is 3.57. The summed E-state index contributed by atoms with van der Waals surface area (Å²) in [5.74, 6) is -1.68. The monoisotopic (exact) mass is 334 g/mol. The Labute approximate surface area is 140 Å². The number of carboxylic acids is 1. The van der Waals surface area contributed by atoms with Crippen molar-refractivity contribution in [2.45, 2.75) is 44.9 Å². The lowest BCUT2D eigenvalue weighted by Gasteiger charge is -2.38. The minimum absolute atomic E-state index is 0.131. The second-order valence-electron chi connectivity index (χ2n) is 6.74. The number of piperazine rings is 1. The first-order chi connectivity index (χ1) is 11.2. The first kappa shape index (κ1) is 17.8. The zero-order valence-electron chi connectivity index (χ0n) is 14.0. The van der Waals surface area contributed by atoms with Crippen molar-refractivity contribution in [3.8, 4) is 0 Å². The highest BCUT2D eigenvalue weighted by atomic mass is 16.6. The zero-order chi connectivity index (χ0) is 17.9. The fourth-order valence-electron chi connectivity index (χ4n) is 2.48. The summed E-state index contributed by atoms with van der Waals surface area (Å²) in [6.45, 7) is 5.02. The Morgan fingerprint density at radius 1 is 1.29 bits per heavy atom. The SMILES string of the molecule is CC(C)(C)OC(=O)N1C[C@H](C(=O)O)NC(=O)[C@H]1Cc1ccccc1. The molecule has 1 aliphatic heterocycles. The predicted molar refractivity (Wildman–Crippen MR) is 86.4 cm³/mol. The summed E-state index contributed by atoms with van der Waals surface area (Å²) >= 11 is 0. The molecule has 24 heavy (non-hydrogen) atoms. The molecule has 0 bridgehead atoms. The summed E-state index contributed by atoms with van der Waals surface area (Å²) in [5.41, 5.74) is 0.140. The number of rotatable bonds is 3. The van der Waals surface area contributed by atoms with Gasteiger partial charge >= 0.3 is 12.1 Å². The van der Waals surface area contributed by atoms with Gasteiger partial charge in [-0.25, -0.2) is 9.59 Å². The van der Waals surface area contributed by atoms with Gasteiger partial charge in [0, 0.05) is 6.42 Å². The molecule has 0 aliphatic carbocycles. The predicted octanol–water partition coefficient (Wildman–Crippen LogP) is 1.42. The van der Waals surface area contributed by atoms with Gasteiger partial charge in [0.2, 0.25) is 5.91 Å². The van der Waals surface area contributed by atoms with Crippen LogP contribution in [-0.2, 0) is 20.7 Å². The Balaban J connectivity index is 2.25. The van der Waals surface area contributed by atoms with Crippen LogP contribution in [0.2, 0.25) is 0 Å². The fraction of sp³-hybridized carbons (Fsp3) is 0.471. The molecule has 1 heterocycles. The Bertz CT molecular complexity index is 624. The number of carboxylic acid groups (broad SMARTS) is 1. The summed E-state index contributed by atoms with van der Waals surface area (Å²) in [5, 5.41) is 11.6. The van der Waals surface area contributed by atoms with E-state index in [0.29, 0.717) is 0 Å². The van der Waals surface area contributed by atoms with Crippen molar-refractivity contribution in [1.29, 1.82) is 0 Å². The molecule has 2 rings (SSSR count). The molecular weight excluding hydrogens is 312 g/mol. The van der Waals surface area contributed by atoms with Crippen LogP contribution in [0.4, 0.5) is 4.79 Å². The third kappa shape index (κ3) is 4.47. The number of nitrogens with zero attached hydrogens (tertiary/aromatic N) is 1. The molecule has 1 fully saturated rings. The van der Waals surface area contributed by atoms with E-state index in [0.717, 1.165) is 5.56 Å². The molecule has 0 aromatic heterocycles. The van der Waals surface area contributed by atoms with Gasteiger partial charge in [-0.1, -0.05) is 30.3 Å². The molecule has 1 aromatic carbocycles. The highest BCUT2D eigenvalue weighted by molar-refractivity contribution is 5.92. The highest BCUT2D eigenvalue weighted by Gasteiger charge is 2.41. The third-order valence-electron chi connectivity index (χ3n) is 3.57. The van der Waals surface area contributed by atoms with Crippen LogP contribution >= 0.6 is 0 Å². The van der Waals surface area contributed by atoms with E-state index in [9.17, 15) is 19.5 Å². The van der Waals surface area contributed by atoms with Crippen LogP contribution in [0.5, 0.6) is 0 Å². The topological polar surface area (TPSA) is 95.9 Å². The van der Waals surface area contributed by atoms with E-state index < -0.39 is 35.7 Å². The van der Waals surface area contributed by atoms with E-state index in [1.807, 2.05) is 30.3 Å². The van der Waals surface area contributed by atoms with Gasteiger partial charge in [0.15, 0.2) is 0 Å². The number of aliphatic carboxylic acids is 1. The molecule has 1 aliphatic rings. The second kappa shape index (κ2) is 6.90. The van der Waals surface area contributed by atoms with Gasteiger partial charge in [-0.2, -0.15) is 0 Å². The van der Waals surface area contributed by atoms with Gasteiger partial charge in [-0.15, -0.1) is 0 Å². The van der Waals surface area contributed by atoms with Crippen molar-refractivity contribution >= 4 is 18.0 Å². The number of carbonyl (C=O) groups excluding carboxylic acids is 2. The minimum atomic E-state index is -1.19. The van der Waals surface area contributed by atoms with Gasteiger partial charge in [0.1, 0.15) is 17.7 Å². The van der Waals surface area contributed by atoms with Crippen LogP contribution in [0.1, 0.15) is 26.3 Å². The van der Waals surface area contributed by atoms with E-state index in [1.54, 1.807) is 20.8 Å². The molecule has 7 heteroatoms. The van der Waals surface area contributed by atoms with E-state index in [2.05, 4.69) is 5.32 Å². The van der Waals surface area contributed by atoms with Crippen LogP contribution in [0.15, 0.2) is 30.3 Å². The van der Waals surface area contributed by atoms with Gasteiger partial charge in [-0.05, 0) is 26.3 Å². The van der Waals surface area contributed by atoms with E-state index in [4.69, 9.17) is 4.74 Å². The summed E-state index contributed by atoms with van der Waals surface area (Å²) < 4.78 is 5.34. The van der Waals surface area contributed by atoms with Gasteiger partial charge < -0.3 is 15.2 Å². The fourth-order valence-corrected chi connectivity index (χ4v) is 2.48. The van der Waals surface area contributed by atoms with Crippen molar-refractivity contribution in [3.05, 3.63) is 35.9 Å². The standard InChI is InChI=1S/C17H22N2O5/c1-17(2,3)24-16(23)19-10-12(15(21)22)18-14(20)13(19)9-11-7-5-4-6-8-11/h4-8,12-13H,9-10H2,1-3H3,(H,18,20)(H,21,22)/t12-,13-/m1/s1. The Morgan fingerprint density at radius 2 is 1.92 bits per heavy atom. The summed E-state index contributed by atoms with van der Waals surface area (Å²) in [6.07, 6.45) is -0.400. The number of nitrogens with one attached hydrogen (secondary N) is 1. The molecule has 1 saturated heterocycles. The molecule has 7 nitrogen and oxygen atoms in total. The Hall–Kier alpha value is -2.57. The lowest BCUT2D eigenvalue weighted by Crippen LogP contribution is -2.64. The summed E-state index contributed by atoms with van der Waals surface area (Å²) in [7, 11) is 0. The van der Waals surface area contributed by atoms with Crippen LogP contribution in [0.25, 0.3) is 0 Å². The average Bonchev–Trinajstić information content (AvgIpc) is 2.48. The van der Waals surface area contributed by atoms with E-state index >= 15 is 0 Å². The van der Waals surface area contributed by atoms with Crippen LogP contribution in [-0.4, -0.2) is 52.2 Å². The Morgan fingerprint density at radius 3 is 2.46 bits per heavy atom. The smallest absolute Gasteiger partial charge is 0.411 e.